The molecule has 0 spiro atoms. The zero-order valence-electron chi connectivity index (χ0n) is 39.6. The normalized spacial score (nSPS) is 39.6. The molecule has 0 aromatic carbocycles. The summed E-state index contributed by atoms with van der Waals surface area (Å²) in [6.45, 7) is 24.9. The largest absolute Gasteiger partial charge is 0.481 e. The summed E-state index contributed by atoms with van der Waals surface area (Å²) in [4.78, 5) is 68.6. The van der Waals surface area contributed by atoms with E-state index in [4.69, 9.17) is 4.74 Å². The van der Waals surface area contributed by atoms with Crippen molar-refractivity contribution in [3.8, 4) is 0 Å². The quantitative estimate of drug-likeness (QED) is 0.188. The van der Waals surface area contributed by atoms with E-state index in [2.05, 4.69) is 59.1 Å². The number of carboxylic acids is 1. The highest BCUT2D eigenvalue weighted by atomic mass is 32.2. The average Bonchev–Trinajstić information content (AvgIpc) is 3.44. The van der Waals surface area contributed by atoms with Crippen LogP contribution in [0.3, 0.4) is 0 Å². The van der Waals surface area contributed by atoms with Gasteiger partial charge in [-0.15, -0.1) is 0 Å². The Labute approximate surface area is 371 Å². The molecule has 1 heterocycles. The van der Waals surface area contributed by atoms with Gasteiger partial charge < -0.3 is 20.5 Å². The molecule has 2 amide bonds. The predicted molar refractivity (Wildman–Crippen MR) is 237 cm³/mol. The summed E-state index contributed by atoms with van der Waals surface area (Å²) in [6.07, 6.45) is 8.29. The summed E-state index contributed by atoms with van der Waals surface area (Å²) in [5.41, 5.74) is 0.0182. The maximum atomic E-state index is 14.2. The van der Waals surface area contributed by atoms with Gasteiger partial charge in [-0.25, -0.2) is 8.42 Å². The molecule has 1 aliphatic heterocycles. The lowest BCUT2D eigenvalue weighted by molar-refractivity contribution is -0.236. The second kappa shape index (κ2) is 15.7. The van der Waals surface area contributed by atoms with E-state index in [1.54, 1.807) is 0 Å². The van der Waals surface area contributed by atoms with Crippen molar-refractivity contribution in [1.29, 1.82) is 0 Å². The lowest BCUT2D eigenvalue weighted by Crippen LogP contribution is -2.66. The van der Waals surface area contributed by atoms with Gasteiger partial charge in [-0.05, 0) is 123 Å². The summed E-state index contributed by atoms with van der Waals surface area (Å²) in [6, 6.07) is 0. The van der Waals surface area contributed by atoms with Crippen molar-refractivity contribution in [2.75, 3.05) is 37.7 Å². The highest BCUT2D eigenvalue weighted by molar-refractivity contribution is 7.91. The summed E-state index contributed by atoms with van der Waals surface area (Å²) in [5.74, 6) is -1.01. The van der Waals surface area contributed by atoms with E-state index >= 15 is 0 Å². The van der Waals surface area contributed by atoms with E-state index in [0.29, 0.717) is 37.8 Å². The van der Waals surface area contributed by atoms with Gasteiger partial charge in [0.2, 0.25) is 11.8 Å². The topological polar surface area (TPSA) is 176 Å². The zero-order chi connectivity index (χ0) is 45.8. The molecule has 0 aromatic heterocycles. The van der Waals surface area contributed by atoms with Gasteiger partial charge in [-0.1, -0.05) is 67.9 Å². The number of esters is 1. The first kappa shape index (κ1) is 47.2. The van der Waals surface area contributed by atoms with Gasteiger partial charge in [0.25, 0.3) is 0 Å². The third kappa shape index (κ3) is 7.70. The van der Waals surface area contributed by atoms with E-state index in [9.17, 15) is 37.5 Å². The minimum atomic E-state index is -3.05. The molecule has 13 heteroatoms. The third-order valence-electron chi connectivity index (χ3n) is 19.1. The Balaban J connectivity index is 1.05. The fourth-order valence-electron chi connectivity index (χ4n) is 15.4. The van der Waals surface area contributed by atoms with Gasteiger partial charge in [0.15, 0.2) is 15.6 Å². The second-order valence-corrected chi connectivity index (χ2v) is 26.4. The average molecular weight is 884 g/mol. The lowest BCUT2D eigenvalue weighted by Gasteiger charge is -2.72. The van der Waals surface area contributed by atoms with Crippen LogP contribution in [0.2, 0.25) is 0 Å². The summed E-state index contributed by atoms with van der Waals surface area (Å²) in [7, 11) is -3.05. The van der Waals surface area contributed by atoms with Crippen LogP contribution >= 0.6 is 0 Å². The van der Waals surface area contributed by atoms with Gasteiger partial charge in [0, 0.05) is 43.3 Å². The number of nitrogens with one attached hydrogen (secondary N) is 2. The predicted octanol–water partition coefficient (Wildman–Crippen LogP) is 6.76. The number of nitrogens with zero attached hydrogens (tertiary/aromatic N) is 1. The summed E-state index contributed by atoms with van der Waals surface area (Å²) < 4.78 is 30.1. The fraction of sp³-hybridized carbons (Fsp3) is 0.857. The molecule has 0 bridgehead atoms. The number of hydrogen-bond donors (Lipinski definition) is 3. The number of amides is 2. The maximum Gasteiger partial charge on any atom is 0.309 e. The van der Waals surface area contributed by atoms with Crippen LogP contribution < -0.4 is 10.6 Å². The number of ketones is 1. The number of Topliss-reactive ketones (excluding diaryl/α,β-unsaturated/α-hetero) is 1. The molecule has 6 fully saturated rings. The molecule has 1 saturated heterocycles. The van der Waals surface area contributed by atoms with Crippen LogP contribution in [0, 0.1) is 68.0 Å². The molecule has 3 N–H and O–H groups in total. The Morgan fingerprint density at radius 2 is 1.50 bits per heavy atom. The number of ether oxygens (including phenoxy) is 1. The number of aliphatic carboxylic acids is 1. The summed E-state index contributed by atoms with van der Waals surface area (Å²) >= 11 is 0. The number of rotatable bonds is 11. The Hall–Kier alpha value is -2.80. The first-order valence-corrected chi connectivity index (χ1v) is 25.6. The monoisotopic (exact) mass is 884 g/mol. The molecular weight excluding hydrogens is 807 g/mol. The van der Waals surface area contributed by atoms with Crippen molar-refractivity contribution in [1.82, 2.24) is 15.5 Å². The molecule has 6 aliphatic carbocycles. The number of allylic oxidation sites excluding steroid dienone is 2. The van der Waals surface area contributed by atoms with E-state index in [1.165, 1.54) is 5.57 Å². The summed E-state index contributed by atoms with van der Waals surface area (Å²) in [5, 5.41) is 15.9. The number of hydrogen-bond acceptors (Lipinski definition) is 9. The maximum absolute atomic E-state index is 14.2. The van der Waals surface area contributed by atoms with E-state index in [1.807, 2.05) is 32.6 Å². The van der Waals surface area contributed by atoms with Gasteiger partial charge in [-0.3, -0.25) is 28.9 Å². The van der Waals surface area contributed by atoms with Crippen LogP contribution in [0.1, 0.15) is 147 Å². The Morgan fingerprint density at radius 1 is 0.839 bits per heavy atom. The number of carboxylic acid groups (broad SMARTS) is 1. The molecule has 62 heavy (non-hydrogen) atoms. The third-order valence-corrected chi connectivity index (χ3v) is 20.7. The SMILES string of the molecule is CC(C)C1=C2[C@H]3CC[C@@H]4[C@@]5(C)CC[C@H](OC(=O)[C@H]6C[C@@H](C(=O)O)C6(C)C)C(C)(C)[C@@H]5CC[C@@]4(C)[C@]3(C)CC[C@@]2(CC(=O)NCC(C)(C)NC(=O)CN2CCS(=O)(=O)CC2)CC1=O. The first-order chi connectivity index (χ1) is 28.5. The number of fused-ring (bicyclic) bond motifs is 7. The zero-order valence-corrected chi connectivity index (χ0v) is 40.4. The van der Waals surface area contributed by atoms with Crippen LogP contribution in [0.5, 0.6) is 0 Å². The fourth-order valence-corrected chi connectivity index (χ4v) is 16.6. The van der Waals surface area contributed by atoms with Crippen LogP contribution in [-0.4, -0.2) is 97.3 Å². The van der Waals surface area contributed by atoms with Crippen molar-refractivity contribution in [2.45, 2.75) is 158 Å². The van der Waals surface area contributed by atoms with Crippen LogP contribution in [-0.2, 0) is 38.5 Å². The lowest BCUT2D eigenvalue weighted by atomic mass is 9.33. The standard InChI is InChI=1S/C49H77N3O9S/c1-29(2)39-33(53)25-49(26-37(54)50-28-43(3,4)51-38(55)27-52-20-22-62(59,60)23-21-52)19-18-47(10)30(40(39)49)12-13-35-46(9)16-15-36(45(7,8)34(46)14-17-48(35,47)11)61-42(58)32-24-31(41(56)57)44(32,5)6/h29-32,34-36H,12-28H2,1-11H3,(H,50,54)(H,51,55)(H,56,57)/t30-,31+,32-,34+,35-,36+,46+,47-,48-,49+/m1/s1. The van der Waals surface area contributed by atoms with E-state index < -0.39 is 44.0 Å². The highest BCUT2D eigenvalue weighted by Gasteiger charge is 2.70. The van der Waals surface area contributed by atoms with E-state index in [0.717, 1.165) is 56.9 Å². The Morgan fingerprint density at radius 3 is 2.11 bits per heavy atom. The first-order valence-electron chi connectivity index (χ1n) is 23.8. The molecule has 12 nitrogen and oxygen atoms in total. The molecule has 348 valence electrons. The van der Waals surface area contributed by atoms with E-state index in [-0.39, 0.29) is 94.2 Å². The molecule has 10 atom stereocenters. The number of sulfone groups is 1. The van der Waals surface area contributed by atoms with Crippen molar-refractivity contribution in [3.05, 3.63) is 11.1 Å². The molecular formula is C49H77N3O9S. The molecule has 5 saturated carbocycles. The second-order valence-electron chi connectivity index (χ2n) is 24.1. The van der Waals surface area contributed by atoms with Crippen molar-refractivity contribution in [3.63, 3.8) is 0 Å². The van der Waals surface area contributed by atoms with Crippen molar-refractivity contribution in [2.24, 2.45) is 68.0 Å². The Kier molecular flexibility index (Phi) is 11.9. The van der Waals surface area contributed by atoms with Crippen LogP contribution in [0.25, 0.3) is 0 Å². The molecule has 0 aromatic rings. The van der Waals surface area contributed by atoms with Crippen molar-refractivity contribution < 1.29 is 42.2 Å². The smallest absolute Gasteiger partial charge is 0.309 e. The minimum Gasteiger partial charge on any atom is -0.481 e. The number of carbonyl (C=O) groups is 5. The van der Waals surface area contributed by atoms with Gasteiger partial charge in [0.1, 0.15) is 6.10 Å². The highest BCUT2D eigenvalue weighted by Crippen LogP contribution is 2.77. The minimum absolute atomic E-state index is 0.00237. The van der Waals surface area contributed by atoms with Crippen LogP contribution in [0.4, 0.5) is 0 Å². The van der Waals surface area contributed by atoms with Gasteiger partial charge in [0.05, 0.1) is 35.4 Å². The van der Waals surface area contributed by atoms with Gasteiger partial charge >= 0.3 is 11.9 Å². The molecule has 0 unspecified atom stereocenters. The van der Waals surface area contributed by atoms with Crippen LogP contribution in [0.15, 0.2) is 11.1 Å². The number of carbonyl (C=O) groups excluding carboxylic acids is 4. The molecule has 0 radical (unpaired) electrons. The Bertz CT molecular complexity index is 2010. The van der Waals surface area contributed by atoms with Gasteiger partial charge in [-0.2, -0.15) is 0 Å². The molecule has 7 rings (SSSR count). The molecule has 7 aliphatic rings. The van der Waals surface area contributed by atoms with Crippen molar-refractivity contribution >= 4 is 39.4 Å².